The molecule has 0 fully saturated rings. The average Bonchev–Trinajstić information content (AvgIpc) is 2.61. The van der Waals surface area contributed by atoms with E-state index in [1.807, 2.05) is 0 Å². The number of fused-ring (bicyclic) bond motifs is 1. The van der Waals surface area contributed by atoms with Crippen LogP contribution in [0.3, 0.4) is 0 Å². The molecule has 1 heterocycles. The van der Waals surface area contributed by atoms with Crippen LogP contribution in [-0.2, 0) is 0 Å². The number of hydrogen-bond acceptors (Lipinski definition) is 5. The first-order valence-corrected chi connectivity index (χ1v) is 8.36. The molecule has 6 heteroatoms. The standard InChI is InChI=1S/C19H13BrO5/c1-2-16(21)11-3-6-14(7-4-11)24-18(22)15-10-12-9-13(20)5-8-17(12)25-19(15)23/h3-10H,2H2,1H3. The van der Waals surface area contributed by atoms with Gasteiger partial charge >= 0.3 is 11.6 Å². The lowest BCUT2D eigenvalue weighted by Crippen LogP contribution is -2.18. The largest absolute Gasteiger partial charge is 0.423 e. The number of benzene rings is 2. The van der Waals surface area contributed by atoms with Crippen molar-refractivity contribution >= 4 is 38.7 Å². The monoisotopic (exact) mass is 400 g/mol. The first-order valence-electron chi connectivity index (χ1n) is 7.57. The quantitative estimate of drug-likeness (QED) is 0.281. The predicted molar refractivity (Wildman–Crippen MR) is 96.2 cm³/mol. The van der Waals surface area contributed by atoms with E-state index < -0.39 is 11.6 Å². The summed E-state index contributed by atoms with van der Waals surface area (Å²) in [5.41, 5.74) is -0.0403. The summed E-state index contributed by atoms with van der Waals surface area (Å²) in [7, 11) is 0. The second kappa shape index (κ2) is 7.03. The summed E-state index contributed by atoms with van der Waals surface area (Å²) < 4.78 is 11.2. The van der Waals surface area contributed by atoms with Crippen LogP contribution in [0, 0.1) is 0 Å². The lowest BCUT2D eigenvalue weighted by atomic mass is 10.1. The number of ether oxygens (including phenoxy) is 1. The van der Waals surface area contributed by atoms with Crippen LogP contribution in [0.2, 0.25) is 0 Å². The molecule has 0 unspecified atom stereocenters. The highest BCUT2D eigenvalue weighted by Crippen LogP contribution is 2.20. The molecule has 0 radical (unpaired) electrons. The molecular weight excluding hydrogens is 388 g/mol. The maximum atomic E-state index is 12.3. The molecule has 0 saturated heterocycles. The van der Waals surface area contributed by atoms with Crippen molar-refractivity contribution in [2.75, 3.05) is 0 Å². The Morgan fingerprint density at radius 1 is 1.08 bits per heavy atom. The van der Waals surface area contributed by atoms with Crippen molar-refractivity contribution in [2.24, 2.45) is 0 Å². The molecule has 0 N–H and O–H groups in total. The van der Waals surface area contributed by atoms with Crippen LogP contribution in [0.4, 0.5) is 0 Å². The number of rotatable bonds is 4. The van der Waals surface area contributed by atoms with Crippen molar-refractivity contribution in [3.8, 4) is 5.75 Å². The summed E-state index contributed by atoms with van der Waals surface area (Å²) in [6.45, 7) is 1.77. The highest BCUT2D eigenvalue weighted by molar-refractivity contribution is 9.10. The van der Waals surface area contributed by atoms with Gasteiger partial charge in [-0.15, -0.1) is 0 Å². The fourth-order valence-corrected chi connectivity index (χ4v) is 2.69. The van der Waals surface area contributed by atoms with Crippen molar-refractivity contribution < 1.29 is 18.7 Å². The van der Waals surface area contributed by atoms with E-state index in [-0.39, 0.29) is 17.1 Å². The summed E-state index contributed by atoms with van der Waals surface area (Å²) in [5.74, 6) is -0.574. The van der Waals surface area contributed by atoms with Crippen molar-refractivity contribution in [2.45, 2.75) is 13.3 Å². The summed E-state index contributed by atoms with van der Waals surface area (Å²) >= 11 is 3.33. The molecule has 0 saturated carbocycles. The Balaban J connectivity index is 1.88. The van der Waals surface area contributed by atoms with Crippen molar-refractivity contribution in [3.63, 3.8) is 0 Å². The molecular formula is C19H13BrO5. The van der Waals surface area contributed by atoms with E-state index in [2.05, 4.69) is 15.9 Å². The molecule has 0 atom stereocenters. The van der Waals surface area contributed by atoms with Gasteiger partial charge in [0, 0.05) is 21.8 Å². The summed E-state index contributed by atoms with van der Waals surface area (Å²) in [4.78, 5) is 35.9. The second-order valence-corrected chi connectivity index (χ2v) is 6.24. The highest BCUT2D eigenvalue weighted by atomic mass is 79.9. The van der Waals surface area contributed by atoms with Crippen LogP contribution in [-0.4, -0.2) is 11.8 Å². The minimum absolute atomic E-state index is 0.00127. The maximum Gasteiger partial charge on any atom is 0.351 e. The van der Waals surface area contributed by atoms with Crippen LogP contribution < -0.4 is 10.4 Å². The molecule has 25 heavy (non-hydrogen) atoms. The number of hydrogen-bond donors (Lipinski definition) is 0. The molecule has 0 amide bonds. The van der Waals surface area contributed by atoms with E-state index in [9.17, 15) is 14.4 Å². The number of esters is 1. The summed E-state index contributed by atoms with van der Waals surface area (Å²) in [5, 5.41) is 0.602. The van der Waals surface area contributed by atoms with Crippen LogP contribution >= 0.6 is 15.9 Å². The molecule has 0 aliphatic heterocycles. The molecule has 3 rings (SSSR count). The number of carbonyl (C=O) groups is 2. The highest BCUT2D eigenvalue weighted by Gasteiger charge is 2.16. The fraction of sp³-hybridized carbons (Fsp3) is 0.105. The minimum Gasteiger partial charge on any atom is -0.423 e. The Labute approximate surface area is 151 Å². The first kappa shape index (κ1) is 17.1. The summed E-state index contributed by atoms with van der Waals surface area (Å²) in [6, 6.07) is 12.7. The molecule has 1 aromatic heterocycles. The molecule has 0 aliphatic carbocycles. The van der Waals surface area contributed by atoms with Gasteiger partial charge in [-0.25, -0.2) is 9.59 Å². The van der Waals surface area contributed by atoms with Gasteiger partial charge in [0.05, 0.1) is 0 Å². The van der Waals surface area contributed by atoms with E-state index in [1.54, 1.807) is 37.3 Å². The molecule has 126 valence electrons. The van der Waals surface area contributed by atoms with Gasteiger partial charge in [-0.2, -0.15) is 0 Å². The van der Waals surface area contributed by atoms with Gasteiger partial charge < -0.3 is 9.15 Å². The Hall–Kier alpha value is -2.73. The van der Waals surface area contributed by atoms with E-state index in [1.165, 1.54) is 18.2 Å². The second-order valence-electron chi connectivity index (χ2n) is 5.32. The van der Waals surface area contributed by atoms with Gasteiger partial charge in [0.15, 0.2) is 5.78 Å². The van der Waals surface area contributed by atoms with Gasteiger partial charge in [0.25, 0.3) is 0 Å². The third-order valence-corrected chi connectivity index (χ3v) is 4.12. The Bertz CT molecular complexity index is 1020. The Morgan fingerprint density at radius 2 is 1.80 bits per heavy atom. The van der Waals surface area contributed by atoms with Gasteiger partial charge in [0.1, 0.15) is 16.9 Å². The van der Waals surface area contributed by atoms with Crippen LogP contribution in [0.5, 0.6) is 5.75 Å². The van der Waals surface area contributed by atoms with Gasteiger partial charge in [-0.3, -0.25) is 4.79 Å². The molecule has 2 aromatic carbocycles. The lowest BCUT2D eigenvalue weighted by molar-refractivity contribution is 0.0730. The Morgan fingerprint density at radius 3 is 2.48 bits per heavy atom. The van der Waals surface area contributed by atoms with Crippen molar-refractivity contribution in [1.29, 1.82) is 0 Å². The van der Waals surface area contributed by atoms with E-state index in [0.29, 0.717) is 23.0 Å². The lowest BCUT2D eigenvalue weighted by Gasteiger charge is -2.05. The number of halogens is 1. The zero-order chi connectivity index (χ0) is 18.0. The third kappa shape index (κ3) is 3.69. The minimum atomic E-state index is -0.815. The molecule has 0 spiro atoms. The van der Waals surface area contributed by atoms with E-state index >= 15 is 0 Å². The van der Waals surface area contributed by atoms with Crippen LogP contribution in [0.25, 0.3) is 11.0 Å². The first-order chi connectivity index (χ1) is 12.0. The fourth-order valence-electron chi connectivity index (χ4n) is 2.31. The van der Waals surface area contributed by atoms with Crippen LogP contribution in [0.15, 0.2) is 62.2 Å². The predicted octanol–water partition coefficient (Wildman–Crippen LogP) is 4.37. The van der Waals surface area contributed by atoms with E-state index in [4.69, 9.17) is 9.15 Å². The topological polar surface area (TPSA) is 73.6 Å². The maximum absolute atomic E-state index is 12.3. The molecule has 3 aromatic rings. The summed E-state index contributed by atoms with van der Waals surface area (Å²) in [6.07, 6.45) is 0.396. The van der Waals surface area contributed by atoms with Crippen LogP contribution in [0.1, 0.15) is 34.1 Å². The molecule has 0 bridgehead atoms. The third-order valence-electron chi connectivity index (χ3n) is 3.62. The molecule has 0 aliphatic rings. The van der Waals surface area contributed by atoms with Crippen molar-refractivity contribution in [3.05, 3.63) is 74.6 Å². The van der Waals surface area contributed by atoms with Crippen molar-refractivity contribution in [1.82, 2.24) is 0 Å². The average molecular weight is 401 g/mol. The molecule has 5 nitrogen and oxygen atoms in total. The van der Waals surface area contributed by atoms with Gasteiger partial charge in [0.2, 0.25) is 0 Å². The smallest absolute Gasteiger partial charge is 0.351 e. The van der Waals surface area contributed by atoms with E-state index in [0.717, 1.165) is 4.47 Å². The van der Waals surface area contributed by atoms with Gasteiger partial charge in [-0.05, 0) is 48.5 Å². The zero-order valence-electron chi connectivity index (χ0n) is 13.2. The Kier molecular flexibility index (Phi) is 4.81. The zero-order valence-corrected chi connectivity index (χ0v) is 14.8. The number of Topliss-reactive ketones (excluding diaryl/α,β-unsaturated/α-hetero) is 1. The number of carbonyl (C=O) groups excluding carboxylic acids is 2. The number of ketones is 1. The SMILES string of the molecule is CCC(=O)c1ccc(OC(=O)c2cc3cc(Br)ccc3oc2=O)cc1. The van der Waals surface area contributed by atoms with Gasteiger partial charge in [-0.1, -0.05) is 22.9 Å². The normalized spacial score (nSPS) is 10.6.